The molecule has 3 nitrogen and oxygen atoms in total. The number of amidine groups is 1. The van der Waals surface area contributed by atoms with E-state index >= 15 is 0 Å². The third-order valence-corrected chi connectivity index (χ3v) is 4.99. The Balaban J connectivity index is 1.70. The van der Waals surface area contributed by atoms with Crippen LogP contribution in [0.25, 0.3) is 0 Å². The maximum atomic E-state index is 13.7. The Morgan fingerprint density at radius 3 is 2.87 bits per heavy atom. The van der Waals surface area contributed by atoms with Gasteiger partial charge in [-0.15, -0.1) is 0 Å². The zero-order valence-corrected chi connectivity index (χ0v) is 14.6. The number of hydrogen-bond acceptors (Lipinski definition) is 3. The summed E-state index contributed by atoms with van der Waals surface area (Å²) in [6, 6.07) is 13.9. The number of rotatable bonds is 3. The SMILES string of the molecule is O=C(c1cccc(Br)c1)N1CCN=C1SCc1ccccc1F. The van der Waals surface area contributed by atoms with Gasteiger partial charge in [0.2, 0.25) is 0 Å². The average molecular weight is 393 g/mol. The predicted octanol–water partition coefficient (Wildman–Crippen LogP) is 4.33. The highest BCUT2D eigenvalue weighted by Crippen LogP contribution is 2.23. The predicted molar refractivity (Wildman–Crippen MR) is 95.2 cm³/mol. The van der Waals surface area contributed by atoms with Crippen LogP contribution in [0.4, 0.5) is 4.39 Å². The minimum absolute atomic E-state index is 0.0800. The van der Waals surface area contributed by atoms with Crippen molar-refractivity contribution in [1.82, 2.24) is 4.90 Å². The monoisotopic (exact) mass is 392 g/mol. The molecule has 6 heteroatoms. The molecule has 3 rings (SSSR count). The summed E-state index contributed by atoms with van der Waals surface area (Å²) >= 11 is 4.77. The zero-order valence-electron chi connectivity index (χ0n) is 12.2. The lowest BCUT2D eigenvalue weighted by Crippen LogP contribution is -2.32. The van der Waals surface area contributed by atoms with Crippen LogP contribution in [0.3, 0.4) is 0 Å². The molecule has 0 aromatic heterocycles. The van der Waals surface area contributed by atoms with Gasteiger partial charge < -0.3 is 0 Å². The summed E-state index contributed by atoms with van der Waals surface area (Å²) < 4.78 is 14.6. The molecule has 118 valence electrons. The van der Waals surface area contributed by atoms with Gasteiger partial charge in [0.15, 0.2) is 5.17 Å². The van der Waals surface area contributed by atoms with E-state index in [0.29, 0.717) is 35.1 Å². The van der Waals surface area contributed by atoms with Crippen LogP contribution in [0.15, 0.2) is 58.0 Å². The Kier molecular flexibility index (Phi) is 5.13. The van der Waals surface area contributed by atoms with Crippen molar-refractivity contribution in [2.75, 3.05) is 13.1 Å². The molecular formula is C17H14BrFN2OS. The number of hydrogen-bond donors (Lipinski definition) is 0. The molecule has 0 N–H and O–H groups in total. The number of benzene rings is 2. The third kappa shape index (κ3) is 3.82. The Morgan fingerprint density at radius 2 is 2.09 bits per heavy atom. The van der Waals surface area contributed by atoms with Gasteiger partial charge >= 0.3 is 0 Å². The highest BCUT2D eigenvalue weighted by atomic mass is 79.9. The van der Waals surface area contributed by atoms with Crippen LogP contribution >= 0.6 is 27.7 Å². The van der Waals surface area contributed by atoms with Crippen molar-refractivity contribution in [3.8, 4) is 0 Å². The van der Waals surface area contributed by atoms with Crippen LogP contribution in [0.1, 0.15) is 15.9 Å². The second kappa shape index (κ2) is 7.27. The second-order valence-corrected chi connectivity index (χ2v) is 6.87. The van der Waals surface area contributed by atoms with Crippen molar-refractivity contribution in [3.63, 3.8) is 0 Å². The van der Waals surface area contributed by atoms with E-state index in [0.717, 1.165) is 4.47 Å². The molecule has 23 heavy (non-hydrogen) atoms. The molecule has 0 fully saturated rings. The Bertz CT molecular complexity index is 766. The molecule has 0 radical (unpaired) electrons. The Morgan fingerprint density at radius 1 is 1.26 bits per heavy atom. The molecule has 0 atom stereocenters. The smallest absolute Gasteiger partial charge is 0.259 e. The van der Waals surface area contributed by atoms with E-state index in [9.17, 15) is 9.18 Å². The Labute approximate surface area is 146 Å². The van der Waals surface area contributed by atoms with Crippen LogP contribution < -0.4 is 0 Å². The van der Waals surface area contributed by atoms with E-state index < -0.39 is 0 Å². The van der Waals surface area contributed by atoms with Gasteiger partial charge in [-0.2, -0.15) is 0 Å². The fourth-order valence-electron chi connectivity index (χ4n) is 2.27. The number of carbonyl (C=O) groups is 1. The van der Waals surface area contributed by atoms with E-state index in [-0.39, 0.29) is 11.7 Å². The molecule has 2 aromatic rings. The van der Waals surface area contributed by atoms with Crippen LogP contribution in [-0.2, 0) is 5.75 Å². The summed E-state index contributed by atoms with van der Waals surface area (Å²) in [4.78, 5) is 18.7. The molecule has 0 saturated heterocycles. The summed E-state index contributed by atoms with van der Waals surface area (Å²) in [6.45, 7) is 1.14. The normalized spacial score (nSPS) is 14.0. The van der Waals surface area contributed by atoms with Gasteiger partial charge in [-0.05, 0) is 29.8 Å². The van der Waals surface area contributed by atoms with Crippen LogP contribution in [-0.4, -0.2) is 29.1 Å². The maximum absolute atomic E-state index is 13.7. The third-order valence-electron chi connectivity index (χ3n) is 3.43. The second-order valence-electron chi connectivity index (χ2n) is 5.01. The van der Waals surface area contributed by atoms with Crippen molar-refractivity contribution in [2.45, 2.75) is 5.75 Å². The number of carbonyl (C=O) groups excluding carboxylic acids is 1. The van der Waals surface area contributed by atoms with E-state index in [4.69, 9.17) is 0 Å². The number of halogens is 2. The zero-order chi connectivity index (χ0) is 16.2. The lowest BCUT2D eigenvalue weighted by Gasteiger charge is -2.18. The summed E-state index contributed by atoms with van der Waals surface area (Å²) in [5.41, 5.74) is 1.22. The van der Waals surface area contributed by atoms with Crippen molar-refractivity contribution in [1.29, 1.82) is 0 Å². The van der Waals surface area contributed by atoms with Crippen LogP contribution in [0.2, 0.25) is 0 Å². The van der Waals surface area contributed by atoms with Crippen molar-refractivity contribution in [3.05, 3.63) is 69.9 Å². The average Bonchev–Trinajstić information content (AvgIpc) is 3.02. The summed E-state index contributed by atoms with van der Waals surface area (Å²) in [5.74, 6) is 0.139. The summed E-state index contributed by atoms with van der Waals surface area (Å²) in [7, 11) is 0. The number of nitrogens with zero attached hydrogens (tertiary/aromatic N) is 2. The molecule has 1 amide bonds. The minimum Gasteiger partial charge on any atom is -0.286 e. The molecule has 1 aliphatic rings. The van der Waals surface area contributed by atoms with Crippen molar-refractivity contribution < 1.29 is 9.18 Å². The summed E-state index contributed by atoms with van der Waals surface area (Å²) in [6.07, 6.45) is 0. The fourth-order valence-corrected chi connectivity index (χ4v) is 3.70. The lowest BCUT2D eigenvalue weighted by molar-refractivity contribution is 0.0860. The van der Waals surface area contributed by atoms with Crippen molar-refractivity contribution >= 4 is 38.8 Å². The number of aliphatic imine (C=N–C) groups is 1. The standard InChI is InChI=1S/C17H14BrFN2OS/c18-14-6-3-5-12(10-14)16(22)21-9-8-20-17(21)23-11-13-4-1-2-7-15(13)19/h1-7,10H,8-9,11H2. The highest BCUT2D eigenvalue weighted by Gasteiger charge is 2.25. The minimum atomic E-state index is -0.233. The molecule has 1 heterocycles. The van der Waals surface area contributed by atoms with Gasteiger partial charge in [0.05, 0.1) is 6.54 Å². The fraction of sp³-hybridized carbons (Fsp3) is 0.176. The van der Waals surface area contributed by atoms with E-state index in [1.54, 1.807) is 35.2 Å². The van der Waals surface area contributed by atoms with E-state index in [1.165, 1.54) is 17.8 Å². The van der Waals surface area contributed by atoms with Crippen molar-refractivity contribution in [2.24, 2.45) is 4.99 Å². The molecule has 0 aliphatic carbocycles. The highest BCUT2D eigenvalue weighted by molar-refractivity contribution is 9.10. The van der Waals surface area contributed by atoms with Gasteiger partial charge in [-0.25, -0.2) is 4.39 Å². The molecule has 0 bridgehead atoms. The van der Waals surface area contributed by atoms with Crippen LogP contribution in [0.5, 0.6) is 0 Å². The molecule has 0 unspecified atom stereocenters. The first-order valence-electron chi connectivity index (χ1n) is 7.13. The lowest BCUT2D eigenvalue weighted by atomic mass is 10.2. The van der Waals surface area contributed by atoms with Gasteiger partial charge in [0.1, 0.15) is 5.82 Å². The van der Waals surface area contributed by atoms with E-state index in [1.807, 2.05) is 12.1 Å². The number of thioether (sulfide) groups is 1. The molecule has 0 spiro atoms. The first kappa shape index (κ1) is 16.2. The quantitative estimate of drug-likeness (QED) is 0.778. The van der Waals surface area contributed by atoms with Crippen LogP contribution in [0, 0.1) is 5.82 Å². The van der Waals surface area contributed by atoms with Gasteiger partial charge in [0.25, 0.3) is 5.91 Å². The largest absolute Gasteiger partial charge is 0.286 e. The van der Waals surface area contributed by atoms with Gasteiger partial charge in [-0.3, -0.25) is 14.7 Å². The van der Waals surface area contributed by atoms with Gasteiger partial charge in [-0.1, -0.05) is 52.0 Å². The number of amides is 1. The van der Waals surface area contributed by atoms with E-state index in [2.05, 4.69) is 20.9 Å². The first-order valence-corrected chi connectivity index (χ1v) is 8.91. The first-order chi connectivity index (χ1) is 11.1. The molecule has 0 saturated carbocycles. The molecular weight excluding hydrogens is 379 g/mol. The summed E-state index contributed by atoms with van der Waals surface area (Å²) in [5, 5.41) is 0.651. The maximum Gasteiger partial charge on any atom is 0.259 e. The van der Waals surface area contributed by atoms with Gasteiger partial charge in [0, 0.05) is 22.3 Å². The Hall–Kier alpha value is -1.66. The molecule has 2 aromatic carbocycles. The topological polar surface area (TPSA) is 32.7 Å². The molecule has 1 aliphatic heterocycles.